The van der Waals surface area contributed by atoms with Crippen LogP contribution in [0.4, 0.5) is 11.6 Å². The number of methoxy groups -OCH3 is 1. The van der Waals surface area contributed by atoms with E-state index in [9.17, 15) is 19.7 Å². The molecule has 0 aliphatic heterocycles. The number of carbonyl (C=O) groups is 1. The van der Waals surface area contributed by atoms with E-state index in [-0.39, 0.29) is 11.6 Å². The highest BCUT2D eigenvalue weighted by Crippen LogP contribution is 2.15. The molecule has 2 aromatic rings. The number of esters is 1. The molecule has 0 saturated heterocycles. The molecule has 9 heteroatoms. The summed E-state index contributed by atoms with van der Waals surface area (Å²) in [5.74, 6) is -0.693. The maximum atomic E-state index is 11.6. The van der Waals surface area contributed by atoms with Gasteiger partial charge in [-0.15, -0.1) is 0 Å². The van der Waals surface area contributed by atoms with Crippen LogP contribution in [0.25, 0.3) is 12.2 Å². The number of nitrogens with two attached hydrogens (primary N) is 1. The largest absolute Gasteiger partial charge is 0.465 e. The third-order valence-electron chi connectivity index (χ3n) is 2.89. The van der Waals surface area contributed by atoms with E-state index in [1.54, 1.807) is 24.3 Å². The minimum atomic E-state index is -0.928. The highest BCUT2D eigenvalue weighted by molar-refractivity contribution is 5.89. The van der Waals surface area contributed by atoms with E-state index in [1.165, 1.54) is 19.3 Å². The fraction of sp³-hybridized carbons (Fsp3) is 0.0714. The summed E-state index contributed by atoms with van der Waals surface area (Å²) in [6.07, 6.45) is 2.81. The number of hydrogen-bond donors (Lipinski definition) is 2. The van der Waals surface area contributed by atoms with Gasteiger partial charge in [-0.3, -0.25) is 19.9 Å². The lowest BCUT2D eigenvalue weighted by Gasteiger charge is -2.00. The number of aromatic nitrogens is 2. The molecule has 0 spiro atoms. The fourth-order valence-electron chi connectivity index (χ4n) is 1.82. The highest BCUT2D eigenvalue weighted by Gasteiger charge is 2.19. The zero-order chi connectivity index (χ0) is 17.0. The lowest BCUT2D eigenvalue weighted by Crippen LogP contribution is -2.17. The number of anilines is 1. The number of carbonyl (C=O) groups excluding carboxylic acids is 1. The predicted molar refractivity (Wildman–Crippen MR) is 82.6 cm³/mol. The van der Waals surface area contributed by atoms with Crippen molar-refractivity contribution in [3.05, 3.63) is 61.6 Å². The molecule has 23 heavy (non-hydrogen) atoms. The van der Waals surface area contributed by atoms with Gasteiger partial charge in [0.2, 0.25) is 5.95 Å². The average molecular weight is 316 g/mol. The Balaban J connectivity index is 2.35. The van der Waals surface area contributed by atoms with Crippen LogP contribution in [-0.2, 0) is 4.74 Å². The minimum absolute atomic E-state index is 0.159. The molecule has 0 aliphatic carbocycles. The summed E-state index contributed by atoms with van der Waals surface area (Å²) >= 11 is 0. The molecule has 1 heterocycles. The second-order valence-corrected chi connectivity index (χ2v) is 4.39. The number of ether oxygens (including phenoxy) is 1. The number of benzene rings is 1. The molecule has 0 radical (unpaired) electrons. The quantitative estimate of drug-likeness (QED) is 0.490. The number of nitrogens with one attached hydrogen (secondary N) is 1. The van der Waals surface area contributed by atoms with E-state index in [4.69, 9.17) is 5.73 Å². The van der Waals surface area contributed by atoms with E-state index in [1.807, 2.05) is 0 Å². The van der Waals surface area contributed by atoms with Crippen LogP contribution in [0.5, 0.6) is 0 Å². The summed E-state index contributed by atoms with van der Waals surface area (Å²) in [7, 11) is 1.28. The van der Waals surface area contributed by atoms with Crippen LogP contribution in [-0.4, -0.2) is 28.0 Å². The van der Waals surface area contributed by atoms with Gasteiger partial charge in [-0.05, 0) is 23.8 Å². The van der Waals surface area contributed by atoms with Crippen LogP contribution in [0.2, 0.25) is 0 Å². The summed E-state index contributed by atoms with van der Waals surface area (Å²) in [5, 5.41) is 10.9. The molecule has 0 aliphatic rings. The van der Waals surface area contributed by atoms with Gasteiger partial charge in [0.25, 0.3) is 0 Å². The Labute approximate surface area is 129 Å². The number of H-pyrrole nitrogens is 1. The van der Waals surface area contributed by atoms with Gasteiger partial charge in [-0.1, -0.05) is 18.2 Å². The molecule has 0 amide bonds. The molecule has 2 rings (SSSR count). The molecule has 118 valence electrons. The van der Waals surface area contributed by atoms with Crippen molar-refractivity contribution in [1.29, 1.82) is 0 Å². The summed E-state index contributed by atoms with van der Waals surface area (Å²) in [6, 6.07) is 6.31. The van der Waals surface area contributed by atoms with E-state index in [0.717, 1.165) is 0 Å². The lowest BCUT2D eigenvalue weighted by molar-refractivity contribution is -0.386. The van der Waals surface area contributed by atoms with Crippen molar-refractivity contribution in [2.45, 2.75) is 0 Å². The second-order valence-electron chi connectivity index (χ2n) is 4.39. The Morgan fingerprint density at radius 2 is 2.00 bits per heavy atom. The molecular formula is C14H12N4O5. The van der Waals surface area contributed by atoms with Gasteiger partial charge < -0.3 is 10.5 Å². The van der Waals surface area contributed by atoms with Crippen molar-refractivity contribution >= 4 is 29.8 Å². The van der Waals surface area contributed by atoms with E-state index in [0.29, 0.717) is 11.1 Å². The van der Waals surface area contributed by atoms with Crippen LogP contribution in [0.1, 0.15) is 21.6 Å². The Morgan fingerprint density at radius 3 is 2.57 bits per heavy atom. The third kappa shape index (κ3) is 3.59. The molecule has 1 aromatic heterocycles. The number of aromatic amines is 1. The average Bonchev–Trinajstić information content (AvgIpc) is 2.51. The Morgan fingerprint density at radius 1 is 1.35 bits per heavy atom. The Hall–Kier alpha value is -3.49. The number of nitro groups is 1. The topological polar surface area (TPSA) is 141 Å². The fourth-order valence-corrected chi connectivity index (χ4v) is 1.82. The van der Waals surface area contributed by atoms with Gasteiger partial charge in [0.1, 0.15) is 0 Å². The molecule has 9 nitrogen and oxygen atoms in total. The minimum Gasteiger partial charge on any atom is -0.465 e. The number of rotatable bonds is 4. The molecule has 0 unspecified atom stereocenters. The van der Waals surface area contributed by atoms with Gasteiger partial charge >= 0.3 is 17.2 Å². The van der Waals surface area contributed by atoms with Crippen molar-refractivity contribution in [1.82, 2.24) is 9.97 Å². The zero-order valence-corrected chi connectivity index (χ0v) is 12.0. The molecule has 0 fully saturated rings. The first kappa shape index (κ1) is 15.9. The maximum absolute atomic E-state index is 11.6. The van der Waals surface area contributed by atoms with Gasteiger partial charge in [-0.2, -0.15) is 0 Å². The van der Waals surface area contributed by atoms with Gasteiger partial charge in [0, 0.05) is 0 Å². The molecular weight excluding hydrogens is 304 g/mol. The lowest BCUT2D eigenvalue weighted by atomic mass is 10.1. The Kier molecular flexibility index (Phi) is 4.50. The van der Waals surface area contributed by atoms with Crippen molar-refractivity contribution in [3.63, 3.8) is 0 Å². The van der Waals surface area contributed by atoms with Crippen LogP contribution in [0.15, 0.2) is 29.1 Å². The van der Waals surface area contributed by atoms with Crippen molar-refractivity contribution < 1.29 is 14.5 Å². The summed E-state index contributed by atoms with van der Waals surface area (Å²) in [5.41, 5.74) is 4.63. The Bertz CT molecular complexity index is 839. The number of nitrogens with zero attached hydrogens (tertiary/aromatic N) is 2. The first-order chi connectivity index (χ1) is 10.9. The van der Waals surface area contributed by atoms with Crippen LogP contribution >= 0.6 is 0 Å². The number of hydrogen-bond acceptors (Lipinski definition) is 7. The van der Waals surface area contributed by atoms with Crippen LogP contribution < -0.4 is 11.3 Å². The van der Waals surface area contributed by atoms with Crippen LogP contribution in [0.3, 0.4) is 0 Å². The highest BCUT2D eigenvalue weighted by atomic mass is 16.6. The molecule has 3 N–H and O–H groups in total. The first-order valence-corrected chi connectivity index (χ1v) is 6.33. The van der Waals surface area contributed by atoms with E-state index in [2.05, 4.69) is 14.7 Å². The van der Waals surface area contributed by atoms with E-state index < -0.39 is 22.1 Å². The first-order valence-electron chi connectivity index (χ1n) is 6.33. The standard InChI is InChI=1S/C14H12N4O5/c1-23-13(20)9-5-2-8(3-6-9)4-7-10-11(18(21)22)12(19)17-14(15)16-10/h2-7H,1H3,(H3,15,16,17,19)/b7-4+. The monoisotopic (exact) mass is 316 g/mol. The molecule has 0 bridgehead atoms. The normalized spacial score (nSPS) is 10.7. The van der Waals surface area contributed by atoms with E-state index >= 15 is 0 Å². The zero-order valence-electron chi connectivity index (χ0n) is 12.0. The number of nitrogen functional groups attached to an aromatic ring is 1. The van der Waals surface area contributed by atoms with Crippen molar-refractivity contribution in [2.75, 3.05) is 12.8 Å². The van der Waals surface area contributed by atoms with Gasteiger partial charge in [0.05, 0.1) is 17.6 Å². The molecule has 0 saturated carbocycles. The van der Waals surface area contributed by atoms with Crippen LogP contribution in [0, 0.1) is 10.1 Å². The third-order valence-corrected chi connectivity index (χ3v) is 2.89. The van der Waals surface area contributed by atoms with Crippen molar-refractivity contribution in [3.8, 4) is 0 Å². The maximum Gasteiger partial charge on any atom is 0.359 e. The molecule has 1 aromatic carbocycles. The molecule has 0 atom stereocenters. The SMILES string of the molecule is COC(=O)c1ccc(/C=C/c2nc(N)[nH]c(=O)c2[N+](=O)[O-])cc1. The second kappa shape index (κ2) is 6.52. The van der Waals surface area contributed by atoms with Gasteiger partial charge in [0.15, 0.2) is 5.69 Å². The van der Waals surface area contributed by atoms with Crippen molar-refractivity contribution in [2.24, 2.45) is 0 Å². The summed E-state index contributed by atoms with van der Waals surface area (Å²) in [6.45, 7) is 0. The summed E-state index contributed by atoms with van der Waals surface area (Å²) in [4.78, 5) is 38.8. The van der Waals surface area contributed by atoms with Gasteiger partial charge in [-0.25, -0.2) is 9.78 Å². The summed E-state index contributed by atoms with van der Waals surface area (Å²) < 4.78 is 4.58. The predicted octanol–water partition coefficient (Wildman–Crippen LogP) is 1.22. The smallest absolute Gasteiger partial charge is 0.359 e.